The van der Waals surface area contributed by atoms with E-state index in [4.69, 9.17) is 9.47 Å². The molecule has 8 rings (SSSR count). The topological polar surface area (TPSA) is 58.9 Å². The van der Waals surface area contributed by atoms with E-state index in [0.29, 0.717) is 5.92 Å². The normalized spacial score (nSPS) is 45.5. The van der Waals surface area contributed by atoms with Crippen LogP contribution in [0.5, 0.6) is 11.5 Å². The summed E-state index contributed by atoms with van der Waals surface area (Å²) in [5, 5.41) is 23.2. The molecule has 0 amide bonds. The Morgan fingerprint density at radius 2 is 1.85 bits per heavy atom. The molecule has 3 unspecified atom stereocenters. The van der Waals surface area contributed by atoms with Crippen LogP contribution in [0.4, 0.5) is 0 Å². The van der Waals surface area contributed by atoms with E-state index < -0.39 is 11.2 Å². The van der Waals surface area contributed by atoms with Gasteiger partial charge in [0.25, 0.3) is 0 Å². The van der Waals surface area contributed by atoms with Crippen LogP contribution >= 0.6 is 0 Å². The predicted molar refractivity (Wildman–Crippen MR) is 131 cm³/mol. The second kappa shape index (κ2) is 6.35. The summed E-state index contributed by atoms with van der Waals surface area (Å²) in [6, 6.07) is 4.04. The molecule has 1 heterocycles. The van der Waals surface area contributed by atoms with Crippen LogP contribution in [-0.2, 0) is 16.6 Å². The molecule has 2 N–H and O–H groups in total. The third-order valence-corrected chi connectivity index (χ3v) is 12.3. The summed E-state index contributed by atoms with van der Waals surface area (Å²) in [5.41, 5.74) is 1.02. The molecule has 1 aromatic carbocycles. The lowest BCUT2D eigenvalue weighted by Gasteiger charge is -2.75. The maximum atomic E-state index is 12.2. The van der Waals surface area contributed by atoms with Crippen LogP contribution in [0.3, 0.4) is 0 Å². The minimum Gasteiger partial charge on any atom is -0.504 e. The average molecular weight is 467 g/mol. The van der Waals surface area contributed by atoms with Crippen molar-refractivity contribution < 1.29 is 19.7 Å². The highest BCUT2D eigenvalue weighted by atomic mass is 16.6. The Bertz CT molecular complexity index is 1050. The average Bonchev–Trinajstić information content (AvgIpc) is 3.53. The van der Waals surface area contributed by atoms with Crippen molar-refractivity contribution in [2.45, 2.75) is 108 Å². The first-order chi connectivity index (χ1) is 16.0. The van der Waals surface area contributed by atoms with E-state index in [9.17, 15) is 10.2 Å². The van der Waals surface area contributed by atoms with Crippen LogP contribution in [0.2, 0.25) is 0 Å². The SMILES string of the molecule is CO[C@@]12CCC3(C[C@@H]1C(C)(O)C(C)(C)C)[C@H]1Cc4ccc(O)c5c4[C@@]3(CCC1CC1CC1)[C@H]2O5. The Morgan fingerprint density at radius 3 is 2.53 bits per heavy atom. The Labute approximate surface area is 204 Å². The van der Waals surface area contributed by atoms with E-state index >= 15 is 0 Å². The van der Waals surface area contributed by atoms with Crippen molar-refractivity contribution >= 4 is 0 Å². The van der Waals surface area contributed by atoms with Crippen LogP contribution in [0.1, 0.15) is 90.2 Å². The van der Waals surface area contributed by atoms with Gasteiger partial charge in [-0.25, -0.2) is 0 Å². The smallest absolute Gasteiger partial charge is 0.165 e. The quantitative estimate of drug-likeness (QED) is 0.593. The number of ether oxygens (including phenoxy) is 2. The number of benzene rings is 1. The first-order valence-electron chi connectivity index (χ1n) is 13.8. The predicted octanol–water partition coefficient (Wildman–Crippen LogP) is 5.76. The largest absolute Gasteiger partial charge is 0.504 e. The summed E-state index contributed by atoms with van der Waals surface area (Å²) in [5.74, 6) is 3.33. The number of hydrogen-bond acceptors (Lipinski definition) is 4. The van der Waals surface area contributed by atoms with Crippen LogP contribution in [-0.4, -0.2) is 34.6 Å². The highest BCUT2D eigenvalue weighted by molar-refractivity contribution is 5.63. The van der Waals surface area contributed by atoms with Crippen molar-refractivity contribution in [3.8, 4) is 11.5 Å². The highest BCUT2D eigenvalue weighted by Gasteiger charge is 2.82. The Kier molecular flexibility index (Phi) is 4.10. The number of methoxy groups -OCH3 is 1. The fourth-order valence-electron chi connectivity index (χ4n) is 10.2. The van der Waals surface area contributed by atoms with Crippen molar-refractivity contribution in [1.29, 1.82) is 0 Å². The fraction of sp³-hybridized carbons (Fsp3) is 0.800. The molecule has 0 saturated heterocycles. The summed E-state index contributed by atoms with van der Waals surface area (Å²) in [7, 11) is 1.84. The summed E-state index contributed by atoms with van der Waals surface area (Å²) in [6.07, 6.45) is 10.6. The second-order valence-electron chi connectivity index (χ2n) is 14.2. The lowest BCUT2D eigenvalue weighted by atomic mass is 9.30. The zero-order chi connectivity index (χ0) is 23.9. The summed E-state index contributed by atoms with van der Waals surface area (Å²) < 4.78 is 13.5. The molecule has 8 atom stereocenters. The first kappa shape index (κ1) is 22.0. The summed E-state index contributed by atoms with van der Waals surface area (Å²) >= 11 is 0. The zero-order valence-electron chi connectivity index (χ0n) is 21.6. The fourth-order valence-corrected chi connectivity index (χ4v) is 10.2. The third-order valence-electron chi connectivity index (χ3n) is 12.3. The van der Waals surface area contributed by atoms with Crippen molar-refractivity contribution in [3.05, 3.63) is 23.3 Å². The van der Waals surface area contributed by atoms with Gasteiger partial charge >= 0.3 is 0 Å². The third kappa shape index (κ3) is 2.26. The van der Waals surface area contributed by atoms with Gasteiger partial charge in [0, 0.05) is 24.0 Å². The minimum absolute atomic E-state index is 0.00273. The van der Waals surface area contributed by atoms with Crippen molar-refractivity contribution in [3.63, 3.8) is 0 Å². The Hall–Kier alpha value is -1.26. The molecule has 4 bridgehead atoms. The van der Waals surface area contributed by atoms with Crippen LogP contribution in [0, 0.1) is 34.5 Å². The van der Waals surface area contributed by atoms with Gasteiger partial charge in [0.15, 0.2) is 11.5 Å². The second-order valence-corrected chi connectivity index (χ2v) is 14.2. The highest BCUT2D eigenvalue weighted by Crippen LogP contribution is 2.80. The molecule has 5 saturated carbocycles. The Balaban J connectivity index is 1.47. The van der Waals surface area contributed by atoms with Crippen LogP contribution < -0.4 is 4.74 Å². The summed E-state index contributed by atoms with van der Waals surface area (Å²) in [4.78, 5) is 0. The number of fused-ring (bicyclic) bond motifs is 2. The first-order valence-corrected chi connectivity index (χ1v) is 13.8. The van der Waals surface area contributed by atoms with Gasteiger partial charge in [0.2, 0.25) is 0 Å². The van der Waals surface area contributed by atoms with Gasteiger partial charge in [0.1, 0.15) is 11.7 Å². The van der Waals surface area contributed by atoms with Crippen molar-refractivity contribution in [2.24, 2.45) is 34.5 Å². The summed E-state index contributed by atoms with van der Waals surface area (Å²) in [6.45, 7) is 8.54. The zero-order valence-corrected chi connectivity index (χ0v) is 21.6. The molecular formula is C30H42O4. The van der Waals surface area contributed by atoms with Crippen LogP contribution in [0.25, 0.3) is 0 Å². The number of phenols is 1. The maximum absolute atomic E-state index is 12.2. The molecule has 2 spiro atoms. The lowest BCUT2D eigenvalue weighted by Crippen LogP contribution is -2.80. The minimum atomic E-state index is -0.890. The molecule has 1 aliphatic heterocycles. The van der Waals surface area contributed by atoms with E-state index in [0.717, 1.165) is 49.7 Å². The van der Waals surface area contributed by atoms with Crippen LogP contribution in [0.15, 0.2) is 12.1 Å². The number of hydrogen-bond donors (Lipinski definition) is 2. The molecule has 4 nitrogen and oxygen atoms in total. The Morgan fingerprint density at radius 1 is 1.09 bits per heavy atom. The maximum Gasteiger partial charge on any atom is 0.165 e. The van der Waals surface area contributed by atoms with Gasteiger partial charge in [-0.3, -0.25) is 0 Å². The number of phenolic OH excluding ortho intramolecular Hbond substituents is 1. The molecule has 5 fully saturated rings. The molecule has 4 heteroatoms. The van der Waals surface area contributed by atoms with Gasteiger partial charge in [-0.1, -0.05) is 39.7 Å². The van der Waals surface area contributed by atoms with E-state index in [2.05, 4.69) is 26.8 Å². The standard InChI is InChI=1S/C30H42O4/c1-26(2,3)27(4,32)22-16-28-12-13-30(22,33-5)25-29(28)11-10-18(14-17-6-7-17)20(28)15-19-8-9-21(31)24(34-25)23(19)29/h8-9,17-18,20,22,25,31-32H,6-7,10-16H2,1-5H3/t18?,20-,22+,25+,27?,28?,29-,30-/m0/s1. The lowest BCUT2D eigenvalue weighted by molar-refractivity contribution is -0.314. The van der Waals surface area contributed by atoms with Gasteiger partial charge < -0.3 is 19.7 Å². The molecule has 6 aliphatic carbocycles. The van der Waals surface area contributed by atoms with E-state index in [1.54, 1.807) is 0 Å². The van der Waals surface area contributed by atoms with Crippen molar-refractivity contribution in [2.75, 3.05) is 7.11 Å². The number of rotatable bonds is 4. The van der Waals surface area contributed by atoms with Gasteiger partial charge in [-0.15, -0.1) is 0 Å². The molecule has 0 radical (unpaired) electrons. The monoisotopic (exact) mass is 466 g/mol. The van der Waals surface area contributed by atoms with E-state index in [1.165, 1.54) is 36.8 Å². The number of aromatic hydroxyl groups is 1. The van der Waals surface area contributed by atoms with Gasteiger partial charge in [-0.2, -0.15) is 0 Å². The van der Waals surface area contributed by atoms with Gasteiger partial charge in [-0.05, 0) is 92.1 Å². The number of aliphatic hydroxyl groups is 1. The van der Waals surface area contributed by atoms with Crippen molar-refractivity contribution in [1.82, 2.24) is 0 Å². The molecule has 1 aromatic rings. The van der Waals surface area contributed by atoms with E-state index in [1.807, 2.05) is 20.1 Å². The molecule has 186 valence electrons. The molecule has 34 heavy (non-hydrogen) atoms. The molecular weight excluding hydrogens is 424 g/mol. The van der Waals surface area contributed by atoms with Gasteiger partial charge in [0.05, 0.1) is 5.60 Å². The van der Waals surface area contributed by atoms with E-state index in [-0.39, 0.29) is 34.0 Å². The molecule has 0 aromatic heterocycles. The molecule has 7 aliphatic rings.